The van der Waals surface area contributed by atoms with Gasteiger partial charge in [0.05, 0.1) is 13.7 Å². The van der Waals surface area contributed by atoms with Gasteiger partial charge in [-0.3, -0.25) is 0 Å². The van der Waals surface area contributed by atoms with Crippen molar-refractivity contribution in [2.45, 2.75) is 6.54 Å². The highest BCUT2D eigenvalue weighted by Gasteiger charge is 2.22. The molecule has 1 N–H and O–H groups in total. The fourth-order valence-electron chi connectivity index (χ4n) is 1.80. The van der Waals surface area contributed by atoms with Crippen LogP contribution in [-0.2, 0) is 6.54 Å². The molecule has 1 aromatic carbocycles. The molecule has 0 aliphatic carbocycles. The number of carboxylic acid groups (broad SMARTS) is 1. The molecule has 0 amide bonds. The summed E-state index contributed by atoms with van der Waals surface area (Å²) in [6, 6.07) is 6.86. The summed E-state index contributed by atoms with van der Waals surface area (Å²) in [5.74, 6) is -0.738. The van der Waals surface area contributed by atoms with E-state index < -0.39 is 12.6 Å². The standard InChI is InChI=1S/C12H12FN3O3/c1-19-9-5-3-2-4-8(9)11-10(12(17)18)14-15-16(11)7-6-13/h2-5H,6-7H2,1H3,(H,17,18). The number of carboxylic acids is 1. The molecule has 0 unspecified atom stereocenters. The van der Waals surface area contributed by atoms with Crippen LogP contribution in [0.4, 0.5) is 4.39 Å². The number of para-hydroxylation sites is 1. The number of benzene rings is 1. The van der Waals surface area contributed by atoms with Gasteiger partial charge in [0.25, 0.3) is 0 Å². The molecular formula is C12H12FN3O3. The van der Waals surface area contributed by atoms with E-state index in [0.29, 0.717) is 11.3 Å². The summed E-state index contributed by atoms with van der Waals surface area (Å²) in [6.45, 7) is -0.724. The van der Waals surface area contributed by atoms with Crippen LogP contribution in [0.1, 0.15) is 10.5 Å². The van der Waals surface area contributed by atoms with E-state index in [9.17, 15) is 9.18 Å². The first-order valence-corrected chi connectivity index (χ1v) is 5.55. The first kappa shape index (κ1) is 13.0. The Morgan fingerprint density at radius 1 is 1.47 bits per heavy atom. The van der Waals surface area contributed by atoms with Gasteiger partial charge in [0.2, 0.25) is 0 Å². The Bertz CT molecular complexity index is 598. The number of alkyl halides is 1. The lowest BCUT2D eigenvalue weighted by atomic mass is 10.1. The van der Waals surface area contributed by atoms with Gasteiger partial charge in [-0.25, -0.2) is 13.9 Å². The molecular weight excluding hydrogens is 253 g/mol. The molecule has 0 aliphatic rings. The number of aromatic carboxylic acids is 1. The molecule has 1 aromatic heterocycles. The van der Waals surface area contributed by atoms with Crippen molar-refractivity contribution in [1.82, 2.24) is 15.0 Å². The van der Waals surface area contributed by atoms with Crippen molar-refractivity contribution in [2.24, 2.45) is 0 Å². The summed E-state index contributed by atoms with van der Waals surface area (Å²) in [6.07, 6.45) is 0. The number of aromatic nitrogens is 3. The quantitative estimate of drug-likeness (QED) is 0.888. The van der Waals surface area contributed by atoms with Gasteiger partial charge in [0.1, 0.15) is 18.1 Å². The predicted octanol–water partition coefficient (Wildman–Crippen LogP) is 1.62. The molecule has 0 saturated carbocycles. The van der Waals surface area contributed by atoms with E-state index in [4.69, 9.17) is 9.84 Å². The number of hydrogen-bond acceptors (Lipinski definition) is 4. The summed E-state index contributed by atoms with van der Waals surface area (Å²) in [4.78, 5) is 11.2. The smallest absolute Gasteiger partial charge is 0.358 e. The maximum absolute atomic E-state index is 12.5. The molecule has 0 bridgehead atoms. The van der Waals surface area contributed by atoms with E-state index in [2.05, 4.69) is 10.3 Å². The molecule has 1 heterocycles. The zero-order valence-electron chi connectivity index (χ0n) is 10.2. The molecule has 0 saturated heterocycles. The Hall–Kier alpha value is -2.44. The van der Waals surface area contributed by atoms with Gasteiger partial charge in [0.15, 0.2) is 5.69 Å². The van der Waals surface area contributed by atoms with Crippen LogP contribution in [0.15, 0.2) is 24.3 Å². The minimum Gasteiger partial charge on any atom is -0.496 e. The number of halogens is 1. The zero-order chi connectivity index (χ0) is 13.8. The highest BCUT2D eigenvalue weighted by atomic mass is 19.1. The van der Waals surface area contributed by atoms with Crippen LogP contribution in [0, 0.1) is 0 Å². The Morgan fingerprint density at radius 2 is 2.21 bits per heavy atom. The van der Waals surface area contributed by atoms with Crippen LogP contribution in [0.3, 0.4) is 0 Å². The molecule has 0 radical (unpaired) electrons. The van der Waals surface area contributed by atoms with Crippen molar-refractivity contribution >= 4 is 5.97 Å². The molecule has 0 atom stereocenters. The average molecular weight is 265 g/mol. The fraction of sp³-hybridized carbons (Fsp3) is 0.250. The Kier molecular flexibility index (Phi) is 3.74. The van der Waals surface area contributed by atoms with Crippen molar-refractivity contribution in [3.05, 3.63) is 30.0 Å². The summed E-state index contributed by atoms with van der Waals surface area (Å²) < 4.78 is 18.9. The van der Waals surface area contributed by atoms with Gasteiger partial charge in [-0.15, -0.1) is 5.10 Å². The molecule has 0 fully saturated rings. The van der Waals surface area contributed by atoms with E-state index in [1.54, 1.807) is 24.3 Å². The van der Waals surface area contributed by atoms with Crippen LogP contribution in [0.2, 0.25) is 0 Å². The van der Waals surface area contributed by atoms with Gasteiger partial charge in [-0.2, -0.15) is 0 Å². The van der Waals surface area contributed by atoms with Crippen molar-refractivity contribution in [3.8, 4) is 17.0 Å². The summed E-state index contributed by atoms with van der Waals surface area (Å²) in [7, 11) is 1.47. The Morgan fingerprint density at radius 3 is 2.84 bits per heavy atom. The molecule has 2 aromatic rings. The second-order valence-corrected chi connectivity index (χ2v) is 3.70. The topological polar surface area (TPSA) is 77.2 Å². The van der Waals surface area contributed by atoms with E-state index in [-0.39, 0.29) is 17.9 Å². The molecule has 100 valence electrons. The predicted molar refractivity (Wildman–Crippen MR) is 64.9 cm³/mol. The molecule has 6 nitrogen and oxygen atoms in total. The van der Waals surface area contributed by atoms with Crippen LogP contribution in [0.25, 0.3) is 11.3 Å². The number of methoxy groups -OCH3 is 1. The van der Waals surface area contributed by atoms with Crippen molar-refractivity contribution in [2.75, 3.05) is 13.8 Å². The number of ether oxygens (including phenoxy) is 1. The van der Waals surface area contributed by atoms with Gasteiger partial charge in [-0.1, -0.05) is 17.3 Å². The fourth-order valence-corrected chi connectivity index (χ4v) is 1.80. The summed E-state index contributed by atoms with van der Waals surface area (Å²) in [5.41, 5.74) is 0.529. The van der Waals surface area contributed by atoms with Crippen molar-refractivity contribution in [3.63, 3.8) is 0 Å². The van der Waals surface area contributed by atoms with E-state index in [0.717, 1.165) is 0 Å². The van der Waals surface area contributed by atoms with E-state index in [1.807, 2.05) is 0 Å². The number of aryl methyl sites for hydroxylation is 1. The van der Waals surface area contributed by atoms with Gasteiger partial charge in [0, 0.05) is 5.56 Å². The Labute approximate surface area is 108 Å². The SMILES string of the molecule is COc1ccccc1-c1c(C(=O)O)nnn1CCF. The number of rotatable bonds is 5. The molecule has 7 heteroatoms. The van der Waals surface area contributed by atoms with Gasteiger partial charge >= 0.3 is 5.97 Å². The monoisotopic (exact) mass is 265 g/mol. The van der Waals surface area contributed by atoms with E-state index in [1.165, 1.54) is 11.8 Å². The highest BCUT2D eigenvalue weighted by Crippen LogP contribution is 2.31. The molecule has 0 spiro atoms. The maximum Gasteiger partial charge on any atom is 0.358 e. The van der Waals surface area contributed by atoms with Crippen molar-refractivity contribution in [1.29, 1.82) is 0 Å². The number of nitrogens with zero attached hydrogens (tertiary/aromatic N) is 3. The van der Waals surface area contributed by atoms with Crippen LogP contribution in [-0.4, -0.2) is 39.9 Å². The number of hydrogen-bond donors (Lipinski definition) is 1. The third-order valence-electron chi connectivity index (χ3n) is 2.60. The van der Waals surface area contributed by atoms with Gasteiger partial charge in [-0.05, 0) is 12.1 Å². The normalized spacial score (nSPS) is 10.4. The minimum absolute atomic E-state index is 0.0618. The molecule has 0 aliphatic heterocycles. The van der Waals surface area contributed by atoms with Crippen molar-refractivity contribution < 1.29 is 19.0 Å². The summed E-state index contributed by atoms with van der Waals surface area (Å²) >= 11 is 0. The highest BCUT2D eigenvalue weighted by molar-refractivity contribution is 5.93. The van der Waals surface area contributed by atoms with Crippen LogP contribution < -0.4 is 4.74 Å². The van der Waals surface area contributed by atoms with Crippen LogP contribution in [0.5, 0.6) is 5.75 Å². The molecule has 19 heavy (non-hydrogen) atoms. The minimum atomic E-state index is -1.22. The van der Waals surface area contributed by atoms with E-state index >= 15 is 0 Å². The first-order chi connectivity index (χ1) is 9.19. The number of carbonyl (C=O) groups is 1. The molecule has 2 rings (SSSR count). The second-order valence-electron chi connectivity index (χ2n) is 3.70. The summed E-state index contributed by atoms with van der Waals surface area (Å²) in [5, 5.41) is 16.4. The lowest BCUT2D eigenvalue weighted by Gasteiger charge is -2.09. The first-order valence-electron chi connectivity index (χ1n) is 5.55. The lowest BCUT2D eigenvalue weighted by molar-refractivity contribution is 0.0691. The maximum atomic E-state index is 12.5. The largest absolute Gasteiger partial charge is 0.496 e. The third kappa shape index (κ3) is 2.40. The van der Waals surface area contributed by atoms with Gasteiger partial charge < -0.3 is 9.84 Å². The third-order valence-corrected chi connectivity index (χ3v) is 2.60. The lowest BCUT2D eigenvalue weighted by Crippen LogP contribution is -2.07. The zero-order valence-corrected chi connectivity index (χ0v) is 10.2. The van der Waals surface area contributed by atoms with Crippen LogP contribution >= 0.6 is 0 Å². The Balaban J connectivity index is 2.64. The second kappa shape index (κ2) is 5.47. The average Bonchev–Trinajstić information content (AvgIpc) is 2.83.